The third-order valence-corrected chi connectivity index (χ3v) is 4.11. The summed E-state index contributed by atoms with van der Waals surface area (Å²) in [7, 11) is 3.34. The van der Waals surface area contributed by atoms with Crippen LogP contribution in [0.4, 0.5) is 5.69 Å². The number of nitrogens with zero attached hydrogens (tertiary/aromatic N) is 1. The molecule has 0 fully saturated rings. The van der Waals surface area contributed by atoms with Crippen molar-refractivity contribution in [3.8, 4) is 0 Å². The summed E-state index contributed by atoms with van der Waals surface area (Å²) in [5, 5.41) is 6.69. The van der Waals surface area contributed by atoms with E-state index in [9.17, 15) is 9.59 Å². The number of benzene rings is 1. The maximum Gasteiger partial charge on any atom is 0.244 e. The highest BCUT2D eigenvalue weighted by molar-refractivity contribution is 6.42. The molecule has 23 heavy (non-hydrogen) atoms. The van der Waals surface area contributed by atoms with E-state index >= 15 is 0 Å². The molecule has 0 bridgehead atoms. The predicted octanol–water partition coefficient (Wildman–Crippen LogP) is 3.02. The molecule has 2 amide bonds. The van der Waals surface area contributed by atoms with Crippen LogP contribution in [0, 0.1) is 5.92 Å². The van der Waals surface area contributed by atoms with Gasteiger partial charge in [-0.3, -0.25) is 9.59 Å². The third-order valence-electron chi connectivity index (χ3n) is 3.37. The van der Waals surface area contributed by atoms with Gasteiger partial charge in [-0.15, -0.1) is 0 Å². The first kappa shape index (κ1) is 19.6. The number of nitrogens with one attached hydrogen (secondary N) is 2. The Bertz CT molecular complexity index is 576. The van der Waals surface area contributed by atoms with Crippen LogP contribution < -0.4 is 10.6 Å². The lowest BCUT2D eigenvalue weighted by molar-refractivity contribution is -0.135. The molecule has 0 aliphatic rings. The van der Waals surface area contributed by atoms with Crippen LogP contribution in [-0.2, 0) is 9.59 Å². The highest BCUT2D eigenvalue weighted by Crippen LogP contribution is 2.25. The van der Waals surface area contributed by atoms with Gasteiger partial charge in [0.05, 0.1) is 10.0 Å². The van der Waals surface area contributed by atoms with Crippen LogP contribution in [0.25, 0.3) is 0 Å². The number of anilines is 1. The summed E-state index contributed by atoms with van der Waals surface area (Å²) in [6, 6.07) is 3.96. The normalized spacial score (nSPS) is 13.4. The molecule has 0 saturated heterocycles. The second-order valence-corrected chi connectivity index (χ2v) is 6.77. The smallest absolute Gasteiger partial charge is 0.244 e. The zero-order valence-corrected chi connectivity index (χ0v) is 15.5. The van der Waals surface area contributed by atoms with Crippen molar-refractivity contribution in [2.75, 3.05) is 19.4 Å². The first-order valence-electron chi connectivity index (χ1n) is 7.36. The molecule has 0 radical (unpaired) electrons. The second kappa shape index (κ2) is 8.41. The van der Waals surface area contributed by atoms with Crippen molar-refractivity contribution in [2.45, 2.75) is 32.9 Å². The molecular weight excluding hydrogens is 337 g/mol. The molecule has 0 heterocycles. The summed E-state index contributed by atoms with van der Waals surface area (Å²) in [4.78, 5) is 26.0. The predicted molar refractivity (Wildman–Crippen MR) is 95.0 cm³/mol. The second-order valence-electron chi connectivity index (χ2n) is 5.96. The average molecular weight is 360 g/mol. The van der Waals surface area contributed by atoms with Crippen molar-refractivity contribution in [1.29, 1.82) is 0 Å². The van der Waals surface area contributed by atoms with Crippen molar-refractivity contribution < 1.29 is 9.59 Å². The van der Waals surface area contributed by atoms with Gasteiger partial charge in [-0.2, -0.15) is 0 Å². The van der Waals surface area contributed by atoms with Gasteiger partial charge in [0, 0.05) is 19.8 Å². The molecule has 0 aliphatic heterocycles. The van der Waals surface area contributed by atoms with Crippen LogP contribution >= 0.6 is 23.2 Å². The van der Waals surface area contributed by atoms with Crippen molar-refractivity contribution in [3.05, 3.63) is 28.2 Å². The summed E-state index contributed by atoms with van der Waals surface area (Å²) >= 11 is 11.8. The number of hydrogen-bond donors (Lipinski definition) is 2. The Morgan fingerprint density at radius 2 is 1.70 bits per heavy atom. The van der Waals surface area contributed by atoms with E-state index in [0.29, 0.717) is 15.7 Å². The van der Waals surface area contributed by atoms with Gasteiger partial charge in [0.15, 0.2) is 0 Å². The van der Waals surface area contributed by atoms with Crippen LogP contribution in [0.15, 0.2) is 18.2 Å². The zero-order chi connectivity index (χ0) is 17.7. The fraction of sp³-hybridized carbons (Fsp3) is 0.500. The first-order chi connectivity index (χ1) is 10.6. The van der Waals surface area contributed by atoms with E-state index in [4.69, 9.17) is 23.2 Å². The fourth-order valence-corrected chi connectivity index (χ4v) is 2.27. The van der Waals surface area contributed by atoms with Gasteiger partial charge in [-0.25, -0.2) is 0 Å². The van der Waals surface area contributed by atoms with Crippen LogP contribution in [0.3, 0.4) is 0 Å². The first-order valence-corrected chi connectivity index (χ1v) is 8.12. The Balaban J connectivity index is 2.75. The summed E-state index contributed by atoms with van der Waals surface area (Å²) in [5.41, 5.74) is 0.682. The molecule has 0 aromatic heterocycles. The third kappa shape index (κ3) is 5.59. The largest absolute Gasteiger partial charge is 0.374 e. The fourth-order valence-electron chi connectivity index (χ4n) is 1.97. The number of hydrogen-bond acceptors (Lipinski definition) is 3. The maximum absolute atomic E-state index is 12.3. The maximum atomic E-state index is 12.3. The van der Waals surface area contributed by atoms with Gasteiger partial charge in [0.1, 0.15) is 12.1 Å². The van der Waals surface area contributed by atoms with Gasteiger partial charge in [0.2, 0.25) is 11.8 Å². The minimum atomic E-state index is -0.560. The number of halogens is 2. The Morgan fingerprint density at radius 1 is 1.09 bits per heavy atom. The van der Waals surface area contributed by atoms with Crippen LogP contribution in [0.2, 0.25) is 10.0 Å². The van der Waals surface area contributed by atoms with Crippen molar-refractivity contribution >= 4 is 40.7 Å². The molecule has 1 rings (SSSR count). The number of carbonyl (C=O) groups is 2. The highest BCUT2D eigenvalue weighted by Gasteiger charge is 2.27. The van der Waals surface area contributed by atoms with E-state index in [2.05, 4.69) is 10.6 Å². The highest BCUT2D eigenvalue weighted by atomic mass is 35.5. The lowest BCUT2D eigenvalue weighted by atomic mass is 10.0. The summed E-state index contributed by atoms with van der Waals surface area (Å²) in [6.45, 7) is 5.50. The van der Waals surface area contributed by atoms with Gasteiger partial charge < -0.3 is 15.5 Å². The van der Waals surface area contributed by atoms with E-state index in [1.165, 1.54) is 4.90 Å². The summed E-state index contributed by atoms with van der Waals surface area (Å²) < 4.78 is 0. The Kier molecular flexibility index (Phi) is 7.16. The molecule has 0 unspecified atom stereocenters. The van der Waals surface area contributed by atoms with Crippen LogP contribution in [0.5, 0.6) is 0 Å². The average Bonchev–Trinajstić information content (AvgIpc) is 2.47. The van der Waals surface area contributed by atoms with Crippen LogP contribution in [0.1, 0.15) is 20.8 Å². The van der Waals surface area contributed by atoms with E-state index in [0.717, 1.165) is 0 Å². The van der Waals surface area contributed by atoms with E-state index in [1.54, 1.807) is 39.2 Å². The number of carbonyl (C=O) groups excluding carboxylic acids is 2. The number of likely N-dealkylation sites (N-methyl/N-ethyl adjacent to an activating group) is 1. The quantitative estimate of drug-likeness (QED) is 0.820. The Hall–Kier alpha value is -1.46. The standard InChI is InChI=1S/C16H23Cl2N3O2/c1-9(2)14(16(23)21(4)5)20-15(22)10(3)19-11-6-7-12(17)13(18)8-11/h6-10,14,19H,1-5H3,(H,20,22)/t10-,14-/m0/s1. The monoisotopic (exact) mass is 359 g/mol. The molecule has 2 N–H and O–H groups in total. The molecule has 5 nitrogen and oxygen atoms in total. The minimum absolute atomic E-state index is 0.00831. The van der Waals surface area contributed by atoms with Gasteiger partial charge >= 0.3 is 0 Å². The van der Waals surface area contributed by atoms with Gasteiger partial charge in [0.25, 0.3) is 0 Å². The van der Waals surface area contributed by atoms with E-state index in [-0.39, 0.29) is 17.7 Å². The molecule has 0 spiro atoms. The summed E-state index contributed by atoms with van der Waals surface area (Å²) in [6.07, 6.45) is 0. The zero-order valence-electron chi connectivity index (χ0n) is 14.0. The minimum Gasteiger partial charge on any atom is -0.374 e. The van der Waals surface area contributed by atoms with Gasteiger partial charge in [-0.1, -0.05) is 37.0 Å². The van der Waals surface area contributed by atoms with Crippen LogP contribution in [-0.4, -0.2) is 42.9 Å². The lowest BCUT2D eigenvalue weighted by Crippen LogP contribution is -2.52. The molecule has 0 aliphatic carbocycles. The van der Waals surface area contributed by atoms with Crippen molar-refractivity contribution in [3.63, 3.8) is 0 Å². The molecule has 1 aromatic carbocycles. The van der Waals surface area contributed by atoms with Crippen molar-refractivity contribution in [1.82, 2.24) is 10.2 Å². The summed E-state index contributed by atoms with van der Waals surface area (Å²) in [5.74, 6) is -0.397. The molecule has 1 aromatic rings. The molecule has 0 saturated carbocycles. The lowest BCUT2D eigenvalue weighted by Gasteiger charge is -2.26. The Morgan fingerprint density at radius 3 is 2.17 bits per heavy atom. The van der Waals surface area contributed by atoms with E-state index in [1.807, 2.05) is 13.8 Å². The number of rotatable bonds is 6. The number of amides is 2. The topological polar surface area (TPSA) is 61.4 Å². The molecular formula is C16H23Cl2N3O2. The van der Waals surface area contributed by atoms with E-state index < -0.39 is 12.1 Å². The molecule has 128 valence electrons. The Labute approximate surface area is 147 Å². The molecule has 2 atom stereocenters. The SMILES string of the molecule is CC(C)[C@H](NC(=O)[C@H](C)Nc1ccc(Cl)c(Cl)c1)C(=O)N(C)C. The molecule has 7 heteroatoms. The van der Waals surface area contributed by atoms with Gasteiger partial charge in [-0.05, 0) is 31.0 Å². The van der Waals surface area contributed by atoms with Crippen molar-refractivity contribution in [2.24, 2.45) is 5.92 Å².